The SMILES string of the molecule is Cc1sc2ncnc(NCCC(=O)N3CCCCC3CCO)c2c1-c1ccccc1. The fraction of sp³-hybridized carbons (Fsp3) is 0.435. The number of carbonyl (C=O) groups excluding carboxylic acids is 1. The Labute approximate surface area is 181 Å². The maximum Gasteiger partial charge on any atom is 0.224 e. The fourth-order valence-electron chi connectivity index (χ4n) is 4.34. The van der Waals surface area contributed by atoms with E-state index >= 15 is 0 Å². The summed E-state index contributed by atoms with van der Waals surface area (Å²) in [4.78, 5) is 25.9. The van der Waals surface area contributed by atoms with Crippen molar-refractivity contribution in [3.05, 3.63) is 41.5 Å². The number of hydrogen-bond acceptors (Lipinski definition) is 6. The molecule has 4 rings (SSSR count). The summed E-state index contributed by atoms with van der Waals surface area (Å²) in [6.07, 6.45) is 5.82. The van der Waals surface area contributed by atoms with Gasteiger partial charge in [-0.15, -0.1) is 11.3 Å². The van der Waals surface area contributed by atoms with Crippen LogP contribution >= 0.6 is 11.3 Å². The molecule has 1 amide bonds. The van der Waals surface area contributed by atoms with Gasteiger partial charge in [-0.05, 0) is 38.2 Å². The summed E-state index contributed by atoms with van der Waals surface area (Å²) in [6.45, 7) is 3.56. The predicted molar refractivity (Wildman–Crippen MR) is 122 cm³/mol. The third-order valence-corrected chi connectivity index (χ3v) is 6.78. The number of nitrogens with one attached hydrogen (secondary N) is 1. The zero-order chi connectivity index (χ0) is 20.9. The molecule has 6 nitrogen and oxygen atoms in total. The monoisotopic (exact) mass is 424 g/mol. The van der Waals surface area contributed by atoms with Gasteiger partial charge in [-0.25, -0.2) is 9.97 Å². The van der Waals surface area contributed by atoms with E-state index in [2.05, 4.69) is 34.3 Å². The Hall–Kier alpha value is -2.51. The van der Waals surface area contributed by atoms with Crippen molar-refractivity contribution in [3.8, 4) is 11.1 Å². The van der Waals surface area contributed by atoms with Gasteiger partial charge in [-0.3, -0.25) is 4.79 Å². The molecule has 3 heterocycles. The lowest BCUT2D eigenvalue weighted by Crippen LogP contribution is -2.44. The summed E-state index contributed by atoms with van der Waals surface area (Å²) in [5.74, 6) is 0.928. The highest BCUT2D eigenvalue weighted by Gasteiger charge is 2.26. The van der Waals surface area contributed by atoms with Gasteiger partial charge in [0.1, 0.15) is 17.0 Å². The number of aliphatic hydroxyl groups is 1. The van der Waals surface area contributed by atoms with Crippen molar-refractivity contribution in [1.29, 1.82) is 0 Å². The third kappa shape index (κ3) is 4.32. The Kier molecular flexibility index (Phi) is 6.59. The third-order valence-electron chi connectivity index (χ3n) is 5.77. The number of likely N-dealkylation sites (tertiary alicyclic amines) is 1. The number of aromatic nitrogens is 2. The van der Waals surface area contributed by atoms with Gasteiger partial charge >= 0.3 is 0 Å². The molecule has 7 heteroatoms. The summed E-state index contributed by atoms with van der Waals surface area (Å²) in [5.41, 5.74) is 2.31. The van der Waals surface area contributed by atoms with Crippen LogP contribution in [0, 0.1) is 6.92 Å². The van der Waals surface area contributed by atoms with Gasteiger partial charge in [0.2, 0.25) is 5.91 Å². The molecule has 2 aromatic heterocycles. The number of anilines is 1. The molecule has 2 N–H and O–H groups in total. The van der Waals surface area contributed by atoms with Crippen molar-refractivity contribution in [2.75, 3.05) is 25.0 Å². The molecule has 158 valence electrons. The lowest BCUT2D eigenvalue weighted by atomic mass is 9.99. The molecule has 0 bridgehead atoms. The number of nitrogens with zero attached hydrogens (tertiary/aromatic N) is 3. The lowest BCUT2D eigenvalue weighted by Gasteiger charge is -2.35. The van der Waals surface area contributed by atoms with E-state index < -0.39 is 0 Å². The number of carbonyl (C=O) groups is 1. The molecule has 3 aromatic rings. The second-order valence-electron chi connectivity index (χ2n) is 7.73. The van der Waals surface area contributed by atoms with Gasteiger partial charge in [0, 0.05) is 42.6 Å². The van der Waals surface area contributed by atoms with Gasteiger partial charge in [-0.1, -0.05) is 30.3 Å². The smallest absolute Gasteiger partial charge is 0.224 e. The molecule has 1 atom stereocenters. The second kappa shape index (κ2) is 9.53. The van der Waals surface area contributed by atoms with Gasteiger partial charge < -0.3 is 15.3 Å². The normalized spacial score (nSPS) is 16.7. The molecular weight excluding hydrogens is 396 g/mol. The van der Waals surface area contributed by atoms with Crippen molar-refractivity contribution >= 4 is 33.3 Å². The van der Waals surface area contributed by atoms with Crippen molar-refractivity contribution < 1.29 is 9.90 Å². The van der Waals surface area contributed by atoms with Crippen LogP contribution in [0.3, 0.4) is 0 Å². The molecule has 0 saturated carbocycles. The second-order valence-corrected chi connectivity index (χ2v) is 8.93. The molecule has 1 aliphatic heterocycles. The van der Waals surface area contributed by atoms with Crippen molar-refractivity contribution in [3.63, 3.8) is 0 Å². The van der Waals surface area contributed by atoms with Gasteiger partial charge in [0.15, 0.2) is 0 Å². The number of benzene rings is 1. The summed E-state index contributed by atoms with van der Waals surface area (Å²) in [7, 11) is 0. The Balaban J connectivity index is 1.50. The van der Waals surface area contributed by atoms with Crippen LogP contribution in [0.4, 0.5) is 5.82 Å². The van der Waals surface area contributed by atoms with Crippen molar-refractivity contribution in [2.45, 2.75) is 45.1 Å². The minimum atomic E-state index is 0.130. The number of aliphatic hydroxyl groups excluding tert-OH is 1. The highest BCUT2D eigenvalue weighted by atomic mass is 32.1. The first-order valence-corrected chi connectivity index (χ1v) is 11.4. The summed E-state index contributed by atoms with van der Waals surface area (Å²) < 4.78 is 0. The van der Waals surface area contributed by atoms with Crippen molar-refractivity contribution in [1.82, 2.24) is 14.9 Å². The van der Waals surface area contributed by atoms with Crippen LogP contribution in [0.2, 0.25) is 0 Å². The molecule has 1 unspecified atom stereocenters. The summed E-state index contributed by atoms with van der Waals surface area (Å²) in [6, 6.07) is 10.5. The lowest BCUT2D eigenvalue weighted by molar-refractivity contribution is -0.134. The summed E-state index contributed by atoms with van der Waals surface area (Å²) in [5, 5.41) is 13.7. The van der Waals surface area contributed by atoms with Crippen LogP contribution in [0.1, 0.15) is 37.0 Å². The Morgan fingerprint density at radius 3 is 2.90 bits per heavy atom. The van der Waals surface area contributed by atoms with Gasteiger partial charge in [0.25, 0.3) is 0 Å². The maximum absolute atomic E-state index is 12.8. The van der Waals surface area contributed by atoms with E-state index in [1.54, 1.807) is 17.7 Å². The Bertz CT molecular complexity index is 1000. The van der Waals surface area contributed by atoms with Crippen LogP contribution in [-0.2, 0) is 4.79 Å². The minimum Gasteiger partial charge on any atom is -0.396 e. The molecule has 1 fully saturated rings. The highest BCUT2D eigenvalue weighted by molar-refractivity contribution is 7.19. The van der Waals surface area contributed by atoms with Crippen LogP contribution in [-0.4, -0.2) is 51.6 Å². The number of fused-ring (bicyclic) bond motifs is 1. The summed E-state index contributed by atoms with van der Waals surface area (Å²) >= 11 is 1.67. The van der Waals surface area contributed by atoms with Gasteiger partial charge in [-0.2, -0.15) is 0 Å². The fourth-order valence-corrected chi connectivity index (χ4v) is 5.35. The Morgan fingerprint density at radius 2 is 2.10 bits per heavy atom. The molecule has 1 aromatic carbocycles. The average molecular weight is 425 g/mol. The zero-order valence-electron chi connectivity index (χ0n) is 17.3. The van der Waals surface area contributed by atoms with E-state index in [4.69, 9.17) is 0 Å². The first kappa shape index (κ1) is 20.8. The maximum atomic E-state index is 12.8. The van der Waals surface area contributed by atoms with E-state index in [-0.39, 0.29) is 18.6 Å². The van der Waals surface area contributed by atoms with Gasteiger partial charge in [0.05, 0.1) is 5.39 Å². The molecule has 0 aliphatic carbocycles. The predicted octanol–water partition coefficient (Wildman–Crippen LogP) is 4.23. The quantitative estimate of drug-likeness (QED) is 0.593. The van der Waals surface area contributed by atoms with Crippen LogP contribution < -0.4 is 5.32 Å². The van der Waals surface area contributed by atoms with E-state index in [0.29, 0.717) is 19.4 Å². The highest BCUT2D eigenvalue weighted by Crippen LogP contribution is 2.40. The van der Waals surface area contributed by atoms with Crippen LogP contribution in [0.25, 0.3) is 21.3 Å². The molecule has 1 saturated heterocycles. The standard InChI is InChI=1S/C23H28N4O2S/c1-16-20(17-7-3-2-4-8-17)21-22(25-15-26-23(21)30-16)24-12-10-19(29)27-13-6-5-9-18(27)11-14-28/h2-4,7-8,15,18,28H,5-6,9-14H2,1H3,(H,24,25,26). The number of aryl methyl sites for hydroxylation is 1. The number of amides is 1. The molecule has 30 heavy (non-hydrogen) atoms. The molecule has 0 radical (unpaired) electrons. The van der Waals surface area contributed by atoms with E-state index in [1.165, 1.54) is 4.88 Å². The minimum absolute atomic E-state index is 0.130. The Morgan fingerprint density at radius 1 is 1.27 bits per heavy atom. The topological polar surface area (TPSA) is 78.4 Å². The van der Waals surface area contributed by atoms with E-state index in [9.17, 15) is 9.90 Å². The van der Waals surface area contributed by atoms with Crippen molar-refractivity contribution in [2.24, 2.45) is 0 Å². The first-order valence-electron chi connectivity index (χ1n) is 10.6. The average Bonchev–Trinajstić information content (AvgIpc) is 3.11. The van der Waals surface area contributed by atoms with E-state index in [1.807, 2.05) is 23.1 Å². The van der Waals surface area contributed by atoms with Crippen LogP contribution in [0.5, 0.6) is 0 Å². The molecule has 0 spiro atoms. The van der Waals surface area contributed by atoms with E-state index in [0.717, 1.165) is 53.0 Å². The zero-order valence-corrected chi connectivity index (χ0v) is 18.1. The van der Waals surface area contributed by atoms with Crippen LogP contribution in [0.15, 0.2) is 36.7 Å². The number of piperidine rings is 1. The molecule has 1 aliphatic rings. The number of rotatable bonds is 7. The number of thiophene rings is 1. The molecular formula is C23H28N4O2S. The largest absolute Gasteiger partial charge is 0.396 e. The first-order chi connectivity index (χ1) is 14.7. The number of hydrogen-bond donors (Lipinski definition) is 2.